The molecule has 14 aromatic rings. The van der Waals surface area contributed by atoms with Gasteiger partial charge in [0.05, 0.1) is 80.4 Å². The lowest BCUT2D eigenvalue weighted by Gasteiger charge is -2.51. The molecule has 3 fully saturated rings. The molecular formula is C98H76F6N12O14. The number of benzene rings is 8. The van der Waals surface area contributed by atoms with Gasteiger partial charge in [0, 0.05) is 108 Å². The van der Waals surface area contributed by atoms with Crippen LogP contribution in [0.15, 0.2) is 276 Å². The first-order chi connectivity index (χ1) is 63.5. The minimum atomic E-state index is -1.13. The van der Waals surface area contributed by atoms with E-state index in [0.717, 1.165) is 57.4 Å². The van der Waals surface area contributed by atoms with Crippen LogP contribution < -0.4 is 45.5 Å². The molecule has 8 aromatic carbocycles. The molecule has 26 nitrogen and oxygen atoms in total. The van der Waals surface area contributed by atoms with E-state index in [2.05, 4.69) is 0 Å². The van der Waals surface area contributed by atoms with Crippen LogP contribution in [0, 0.1) is 34.9 Å². The van der Waals surface area contributed by atoms with E-state index in [4.69, 9.17) is 33.2 Å². The van der Waals surface area contributed by atoms with Crippen molar-refractivity contribution in [2.75, 3.05) is 80.9 Å². The average molecular weight is 1760 g/mol. The Morgan fingerprint density at radius 1 is 0.354 bits per heavy atom. The number of halogens is 6. The Hall–Kier alpha value is -15.4. The molecule has 9 aliphatic rings. The van der Waals surface area contributed by atoms with Gasteiger partial charge in [-0.15, -0.1) is 0 Å². The third-order valence-corrected chi connectivity index (χ3v) is 24.9. The van der Waals surface area contributed by atoms with Gasteiger partial charge in [-0.2, -0.15) is 0 Å². The van der Waals surface area contributed by atoms with Crippen molar-refractivity contribution in [2.24, 2.45) is 0 Å². The number of amides is 3. The maximum atomic E-state index is 15.9. The minimum Gasteiger partial charge on any atom is -0.482 e. The number of hydrogen-bond acceptors (Lipinski definition) is 17. The smallest absolute Gasteiger partial charge is 0.482 e. The van der Waals surface area contributed by atoms with Gasteiger partial charge in [-0.1, -0.05) is 133 Å². The monoisotopic (exact) mass is 1760 g/mol. The number of rotatable bonds is 11. The second kappa shape index (κ2) is 33.1. The summed E-state index contributed by atoms with van der Waals surface area (Å²) in [6.45, 7) is 3.79. The Morgan fingerprint density at radius 2 is 0.669 bits per heavy atom. The lowest BCUT2D eigenvalue weighted by Crippen LogP contribution is -2.66. The summed E-state index contributed by atoms with van der Waals surface area (Å²) in [5.41, 5.74) is 7.84. The van der Waals surface area contributed by atoms with Crippen molar-refractivity contribution in [3.05, 3.63) is 389 Å². The van der Waals surface area contributed by atoms with E-state index in [1.807, 2.05) is 165 Å². The Labute approximate surface area is 735 Å². The van der Waals surface area contributed by atoms with Gasteiger partial charge < -0.3 is 61.6 Å². The first-order valence-corrected chi connectivity index (χ1v) is 42.2. The first-order valence-electron chi connectivity index (χ1n) is 42.2. The van der Waals surface area contributed by atoms with Crippen LogP contribution in [0.2, 0.25) is 0 Å². The Balaban J connectivity index is 0.000000118. The van der Waals surface area contributed by atoms with Crippen LogP contribution in [0.25, 0.3) is 50.8 Å². The summed E-state index contributed by atoms with van der Waals surface area (Å²) in [5.74, 6) is -7.78. The molecule has 3 saturated heterocycles. The summed E-state index contributed by atoms with van der Waals surface area (Å²) in [6, 6.07) is 61.8. The van der Waals surface area contributed by atoms with Gasteiger partial charge in [-0.25, -0.2) is 31.1 Å². The molecule has 0 saturated carbocycles. The van der Waals surface area contributed by atoms with Crippen LogP contribution in [-0.4, -0.2) is 151 Å². The van der Waals surface area contributed by atoms with E-state index >= 15 is 13.2 Å². The topological polar surface area (TPSA) is 233 Å². The fraction of sp³-hybridized carbons (Fsp3) is 0.194. The fourth-order valence-corrected chi connectivity index (χ4v) is 19.3. The third-order valence-electron chi connectivity index (χ3n) is 24.9. The van der Waals surface area contributed by atoms with E-state index in [1.165, 1.54) is 40.0 Å². The van der Waals surface area contributed by atoms with Gasteiger partial charge in [0.25, 0.3) is 17.7 Å². The second-order valence-electron chi connectivity index (χ2n) is 31.9. The highest BCUT2D eigenvalue weighted by molar-refractivity contribution is 5.99. The summed E-state index contributed by atoms with van der Waals surface area (Å²) < 4.78 is 142. The third kappa shape index (κ3) is 13.4. The van der Waals surface area contributed by atoms with Crippen molar-refractivity contribution in [3.8, 4) is 68.1 Å². The molecule has 130 heavy (non-hydrogen) atoms. The predicted octanol–water partition coefficient (Wildman–Crippen LogP) is 14.0. The van der Waals surface area contributed by atoms with Gasteiger partial charge in [0.1, 0.15) is 49.8 Å². The standard InChI is InChI=1S/2C34H26F2N4O4.C30H24F2N4O6/c2*35-24-13-12-23-29(30(24)36)26-11-6-15-37(26)25-10-5-4-9-22(25)31(23)40-28-20-43-18-17-38(28)34(42)32-33(27(41)14-16-39(32)40)44-19-21-7-2-1-3-8-21;1-2-41-30(39)42-28-22(37)11-13-35-27(28)29(38)34-14-15-40-16-23(34)36(35)26-17-6-3-4-7-20(17)33-12-5-8-21(33)24-18(26)9-10-19(31)25(24)32/h2*1-16,28,31H,17-20H2;3-13,23,26H,2,14-16H2,1H3/t28-,31-;;/m1../s1. The van der Waals surface area contributed by atoms with Crippen molar-refractivity contribution in [3.63, 3.8) is 0 Å². The number of aromatic nitrogens is 6. The second-order valence-corrected chi connectivity index (χ2v) is 31.9. The molecule has 0 spiro atoms. The molecule has 6 aromatic heterocycles. The van der Waals surface area contributed by atoms with E-state index in [1.54, 1.807) is 103 Å². The number of ether oxygens (including phenoxy) is 7. The number of para-hydroxylation sites is 3. The number of morpholine rings is 3. The summed E-state index contributed by atoms with van der Waals surface area (Å²) in [7, 11) is 0. The minimum absolute atomic E-state index is 0.000632. The quantitative estimate of drug-likeness (QED) is 0.0865. The van der Waals surface area contributed by atoms with E-state index in [-0.39, 0.29) is 123 Å². The van der Waals surface area contributed by atoms with Crippen molar-refractivity contribution in [1.82, 2.24) is 42.4 Å². The molecule has 654 valence electrons. The molecule has 0 bridgehead atoms. The number of fused-ring (bicyclic) bond motifs is 21. The first kappa shape index (κ1) is 81.6. The summed E-state index contributed by atoms with van der Waals surface area (Å²) in [4.78, 5) is 99.0. The molecular weight excluding hydrogens is 1680 g/mol. The molecule has 0 aliphatic carbocycles. The molecule has 3 amide bonds. The van der Waals surface area contributed by atoms with Crippen LogP contribution in [0.4, 0.5) is 31.1 Å². The van der Waals surface area contributed by atoms with Crippen molar-refractivity contribution < 1.29 is 78.7 Å². The zero-order valence-corrected chi connectivity index (χ0v) is 69.1. The largest absolute Gasteiger partial charge is 0.514 e. The Morgan fingerprint density at radius 3 is 1.01 bits per heavy atom. The summed E-state index contributed by atoms with van der Waals surface area (Å²) in [6.07, 6.45) is 6.83. The van der Waals surface area contributed by atoms with Gasteiger partial charge in [0.15, 0.2) is 63.5 Å². The number of hydrogen-bond donors (Lipinski definition) is 0. The molecule has 9 aliphatic heterocycles. The normalized spacial score (nSPS) is 18.5. The Bertz CT molecular complexity index is 6830. The lowest BCUT2D eigenvalue weighted by atomic mass is 9.91. The van der Waals surface area contributed by atoms with E-state index in [0.29, 0.717) is 52.7 Å². The highest BCUT2D eigenvalue weighted by Gasteiger charge is 2.52. The molecule has 4 unspecified atom stereocenters. The molecule has 0 N–H and O–H groups in total. The SMILES string of the molecule is CCOC(=O)Oc1c2n(ccc1=O)N(C1c3ccccc3-n3cccc3-c3c1ccc(F)c3F)C1COCCN1C2=O.O=C1c2c(OCc3ccccc3)c(=O)ccn2N(C2c3ccccc3-n3cccc3-c3c2ccc(F)c3F)C2COCCN12.O=C1c2c(OCc3ccccc3)c(=O)ccn2N([C@@H]2c3ccccc3-n3cccc3-c3c2ccc(F)c3F)[C@@H]2COCCN12. The zero-order chi connectivity index (χ0) is 89.0. The number of carbonyl (C=O) groups excluding carboxylic acids is 4. The maximum absolute atomic E-state index is 15.9. The maximum Gasteiger partial charge on any atom is 0.514 e. The van der Waals surface area contributed by atoms with Crippen LogP contribution in [0.3, 0.4) is 0 Å². The number of nitrogens with zero attached hydrogens (tertiary/aromatic N) is 12. The molecule has 32 heteroatoms. The molecule has 23 rings (SSSR count). The van der Waals surface area contributed by atoms with Crippen LogP contribution in [0.1, 0.15) is 101 Å². The number of pyridine rings is 3. The number of carbonyl (C=O) groups is 4. The lowest BCUT2D eigenvalue weighted by molar-refractivity contribution is -0.0198. The van der Waals surface area contributed by atoms with Crippen molar-refractivity contribution in [2.45, 2.75) is 56.8 Å². The summed E-state index contributed by atoms with van der Waals surface area (Å²) in [5, 5.41) is 5.63. The van der Waals surface area contributed by atoms with Gasteiger partial charge >= 0.3 is 6.16 Å². The van der Waals surface area contributed by atoms with E-state index < -0.39 is 106 Å². The molecule has 0 radical (unpaired) electrons. The van der Waals surface area contributed by atoms with Gasteiger partial charge in [-0.05, 0) is 108 Å². The van der Waals surface area contributed by atoms with Crippen LogP contribution >= 0.6 is 0 Å². The van der Waals surface area contributed by atoms with Crippen LogP contribution in [0.5, 0.6) is 17.2 Å². The van der Waals surface area contributed by atoms with Crippen molar-refractivity contribution in [1.29, 1.82) is 0 Å². The highest BCUT2D eigenvalue weighted by atomic mass is 19.2. The fourth-order valence-electron chi connectivity index (χ4n) is 19.3. The zero-order valence-electron chi connectivity index (χ0n) is 69.1. The van der Waals surface area contributed by atoms with Crippen molar-refractivity contribution >= 4 is 23.9 Å². The molecule has 15 heterocycles. The van der Waals surface area contributed by atoms with Gasteiger partial charge in [-0.3, -0.25) is 57.8 Å². The predicted molar refractivity (Wildman–Crippen MR) is 462 cm³/mol. The molecule has 6 atom stereocenters. The average Bonchev–Trinajstić information content (AvgIpc) is 1.36. The Kier molecular flexibility index (Phi) is 20.8. The summed E-state index contributed by atoms with van der Waals surface area (Å²) >= 11 is 0. The van der Waals surface area contributed by atoms with Crippen LogP contribution in [-0.2, 0) is 32.2 Å². The van der Waals surface area contributed by atoms with E-state index in [9.17, 15) is 46.7 Å². The highest BCUT2D eigenvalue weighted by Crippen LogP contribution is 2.51. The van der Waals surface area contributed by atoms with Gasteiger partial charge in [0.2, 0.25) is 22.0 Å².